The number of fused-ring (bicyclic) bond motifs is 1. The van der Waals surface area contributed by atoms with Crippen molar-refractivity contribution < 1.29 is 9.66 Å². The molecule has 3 aromatic rings. The number of nitro benzene ring substituents is 1. The molecule has 140 valence electrons. The first-order valence-electron chi connectivity index (χ1n) is 9.17. The van der Waals surface area contributed by atoms with Crippen LogP contribution in [0.1, 0.15) is 19.3 Å². The Morgan fingerprint density at radius 1 is 1.11 bits per heavy atom. The van der Waals surface area contributed by atoms with Crippen molar-refractivity contribution in [1.29, 1.82) is 0 Å². The lowest BCUT2D eigenvalue weighted by molar-refractivity contribution is -0.384. The van der Waals surface area contributed by atoms with Crippen molar-refractivity contribution >= 4 is 16.7 Å². The van der Waals surface area contributed by atoms with Gasteiger partial charge in [0.25, 0.3) is 5.69 Å². The van der Waals surface area contributed by atoms with Crippen LogP contribution in [-0.4, -0.2) is 39.6 Å². The highest BCUT2D eigenvalue weighted by Gasteiger charge is 2.18. The van der Waals surface area contributed by atoms with Gasteiger partial charge in [0.1, 0.15) is 11.6 Å². The number of nitro groups is 1. The number of rotatable bonds is 5. The fourth-order valence-electron chi connectivity index (χ4n) is 3.63. The van der Waals surface area contributed by atoms with Crippen molar-refractivity contribution in [2.45, 2.75) is 25.9 Å². The number of ether oxygens (including phenoxy) is 1. The molecule has 1 aliphatic rings. The predicted octanol–water partition coefficient (Wildman–Crippen LogP) is 4.06. The van der Waals surface area contributed by atoms with E-state index in [1.807, 2.05) is 18.2 Å². The Balaban J connectivity index is 1.79. The van der Waals surface area contributed by atoms with Crippen LogP contribution in [0.2, 0.25) is 0 Å². The van der Waals surface area contributed by atoms with E-state index >= 15 is 0 Å². The minimum atomic E-state index is -0.384. The highest BCUT2D eigenvalue weighted by Crippen LogP contribution is 2.29. The molecule has 0 radical (unpaired) electrons. The van der Waals surface area contributed by atoms with E-state index < -0.39 is 0 Å². The number of nitrogens with zero attached hydrogens (tertiary/aromatic N) is 4. The first-order valence-corrected chi connectivity index (χ1v) is 9.17. The second-order valence-corrected chi connectivity index (χ2v) is 6.84. The maximum Gasteiger partial charge on any atom is 0.269 e. The molecule has 0 atom stereocenters. The molecule has 4 rings (SSSR count). The van der Waals surface area contributed by atoms with E-state index in [0.29, 0.717) is 0 Å². The minimum absolute atomic E-state index is 0.0825. The Labute approximate surface area is 157 Å². The first-order chi connectivity index (χ1) is 13.2. The molecule has 0 amide bonds. The zero-order valence-corrected chi connectivity index (χ0v) is 15.3. The molecule has 2 heterocycles. The van der Waals surface area contributed by atoms with Crippen LogP contribution in [0.4, 0.5) is 5.69 Å². The molecule has 0 spiro atoms. The van der Waals surface area contributed by atoms with Gasteiger partial charge in [-0.05, 0) is 50.2 Å². The zero-order valence-electron chi connectivity index (χ0n) is 15.3. The molecule has 7 heteroatoms. The Kier molecular flexibility index (Phi) is 4.77. The summed E-state index contributed by atoms with van der Waals surface area (Å²) >= 11 is 0. The number of benzene rings is 2. The quantitative estimate of drug-likeness (QED) is 0.503. The maximum atomic E-state index is 11.0. The van der Waals surface area contributed by atoms with Crippen LogP contribution in [0.15, 0.2) is 42.5 Å². The van der Waals surface area contributed by atoms with Crippen molar-refractivity contribution in [3.8, 4) is 17.1 Å². The van der Waals surface area contributed by atoms with E-state index in [-0.39, 0.29) is 10.6 Å². The Morgan fingerprint density at radius 2 is 1.85 bits per heavy atom. The van der Waals surface area contributed by atoms with Crippen molar-refractivity contribution in [3.05, 3.63) is 52.6 Å². The summed E-state index contributed by atoms with van der Waals surface area (Å²) in [6.45, 7) is 2.92. The second-order valence-electron chi connectivity index (χ2n) is 6.84. The maximum absolute atomic E-state index is 11.0. The van der Waals surface area contributed by atoms with Gasteiger partial charge < -0.3 is 9.30 Å². The normalized spacial score (nSPS) is 15.1. The number of hydrogen-bond acceptors (Lipinski definition) is 5. The zero-order chi connectivity index (χ0) is 18.8. The summed E-state index contributed by atoms with van der Waals surface area (Å²) in [5.74, 6) is 1.58. The van der Waals surface area contributed by atoms with E-state index in [1.54, 1.807) is 19.2 Å². The van der Waals surface area contributed by atoms with Crippen molar-refractivity contribution in [3.63, 3.8) is 0 Å². The lowest BCUT2D eigenvalue weighted by Gasteiger charge is -2.27. The number of aromatic nitrogens is 2. The number of imidazole rings is 1. The molecule has 0 unspecified atom stereocenters. The number of likely N-dealkylation sites (tertiary alicyclic amines) is 1. The van der Waals surface area contributed by atoms with Crippen LogP contribution in [-0.2, 0) is 6.67 Å². The van der Waals surface area contributed by atoms with Crippen LogP contribution in [0, 0.1) is 10.1 Å². The van der Waals surface area contributed by atoms with Gasteiger partial charge in [0.2, 0.25) is 0 Å². The molecule has 0 bridgehead atoms. The standard InChI is InChI=1S/C20H22N4O3/c1-27-17-9-10-19-18(13-17)21-20(15-5-7-16(8-6-15)24(25)26)23(19)14-22-11-3-2-4-12-22/h5-10,13H,2-4,11-12,14H2,1H3. The van der Waals surface area contributed by atoms with Crippen molar-refractivity contribution in [2.75, 3.05) is 20.2 Å². The number of piperidine rings is 1. The lowest BCUT2D eigenvalue weighted by Crippen LogP contribution is -2.31. The number of non-ortho nitro benzene ring substituents is 1. The van der Waals surface area contributed by atoms with E-state index in [1.165, 1.54) is 31.4 Å². The van der Waals surface area contributed by atoms with Gasteiger partial charge in [-0.3, -0.25) is 15.0 Å². The fourth-order valence-corrected chi connectivity index (χ4v) is 3.63. The highest BCUT2D eigenvalue weighted by atomic mass is 16.6. The fraction of sp³-hybridized carbons (Fsp3) is 0.350. The third-order valence-corrected chi connectivity index (χ3v) is 5.08. The van der Waals surface area contributed by atoms with E-state index in [0.717, 1.165) is 47.9 Å². The molecule has 27 heavy (non-hydrogen) atoms. The lowest BCUT2D eigenvalue weighted by atomic mass is 10.1. The first kappa shape index (κ1) is 17.5. The average molecular weight is 366 g/mol. The monoisotopic (exact) mass is 366 g/mol. The predicted molar refractivity (Wildman–Crippen MR) is 104 cm³/mol. The Bertz CT molecular complexity index is 959. The van der Waals surface area contributed by atoms with Crippen LogP contribution in [0.25, 0.3) is 22.4 Å². The molecule has 1 fully saturated rings. The van der Waals surface area contributed by atoms with Crippen LogP contribution >= 0.6 is 0 Å². The second kappa shape index (κ2) is 7.36. The summed E-state index contributed by atoms with van der Waals surface area (Å²) in [5, 5.41) is 11.0. The third-order valence-electron chi connectivity index (χ3n) is 5.08. The van der Waals surface area contributed by atoms with Gasteiger partial charge in [-0.15, -0.1) is 0 Å². The van der Waals surface area contributed by atoms with Crippen LogP contribution < -0.4 is 4.74 Å². The Morgan fingerprint density at radius 3 is 2.52 bits per heavy atom. The number of methoxy groups -OCH3 is 1. The van der Waals surface area contributed by atoms with Gasteiger partial charge in [-0.25, -0.2) is 4.98 Å². The molecule has 0 aliphatic carbocycles. The van der Waals surface area contributed by atoms with E-state index in [4.69, 9.17) is 9.72 Å². The molecule has 2 aromatic carbocycles. The van der Waals surface area contributed by atoms with Gasteiger partial charge in [0.05, 0.1) is 29.7 Å². The van der Waals surface area contributed by atoms with E-state index in [9.17, 15) is 10.1 Å². The van der Waals surface area contributed by atoms with E-state index in [2.05, 4.69) is 9.47 Å². The molecule has 0 saturated carbocycles. The van der Waals surface area contributed by atoms with Gasteiger partial charge >= 0.3 is 0 Å². The topological polar surface area (TPSA) is 73.4 Å². The third kappa shape index (κ3) is 3.50. The van der Waals surface area contributed by atoms with Gasteiger partial charge in [-0.2, -0.15) is 0 Å². The molecule has 7 nitrogen and oxygen atoms in total. The molecule has 1 aliphatic heterocycles. The molecular weight excluding hydrogens is 344 g/mol. The average Bonchev–Trinajstić information content (AvgIpc) is 3.06. The SMILES string of the molecule is COc1ccc2c(c1)nc(-c1ccc([N+](=O)[O-])cc1)n2CN1CCCCC1. The molecule has 1 saturated heterocycles. The molecule has 1 aromatic heterocycles. The van der Waals surface area contributed by atoms with Crippen LogP contribution in [0.3, 0.4) is 0 Å². The summed E-state index contributed by atoms with van der Waals surface area (Å²) < 4.78 is 7.53. The summed E-state index contributed by atoms with van der Waals surface area (Å²) in [4.78, 5) is 17.8. The largest absolute Gasteiger partial charge is 0.497 e. The Hall–Kier alpha value is -2.93. The van der Waals surface area contributed by atoms with Gasteiger partial charge in [0, 0.05) is 23.8 Å². The minimum Gasteiger partial charge on any atom is -0.497 e. The summed E-state index contributed by atoms with van der Waals surface area (Å²) in [7, 11) is 1.64. The number of hydrogen-bond donors (Lipinski definition) is 0. The molecular formula is C20H22N4O3. The summed E-state index contributed by atoms with van der Waals surface area (Å²) in [5.41, 5.74) is 2.85. The van der Waals surface area contributed by atoms with Gasteiger partial charge in [0.15, 0.2) is 0 Å². The van der Waals surface area contributed by atoms with Crippen molar-refractivity contribution in [2.24, 2.45) is 0 Å². The summed E-state index contributed by atoms with van der Waals surface area (Å²) in [6, 6.07) is 12.5. The van der Waals surface area contributed by atoms with Crippen LogP contribution in [0.5, 0.6) is 5.75 Å². The van der Waals surface area contributed by atoms with Gasteiger partial charge in [-0.1, -0.05) is 6.42 Å². The smallest absolute Gasteiger partial charge is 0.269 e. The highest BCUT2D eigenvalue weighted by molar-refractivity contribution is 5.82. The van der Waals surface area contributed by atoms with Crippen molar-refractivity contribution in [1.82, 2.24) is 14.5 Å². The summed E-state index contributed by atoms with van der Waals surface area (Å²) in [6.07, 6.45) is 3.72. The molecule has 0 N–H and O–H groups in total.